The number of carbonyl (C=O) groups is 1. The second-order valence-electron chi connectivity index (χ2n) is 5.88. The number of para-hydroxylation sites is 1. The van der Waals surface area contributed by atoms with Crippen LogP contribution in [0.15, 0.2) is 66.9 Å². The molecule has 0 radical (unpaired) electrons. The molecule has 0 aliphatic rings. The largest absolute Gasteiger partial charge is 0.342 e. The Morgan fingerprint density at radius 1 is 1.00 bits per heavy atom. The zero-order valence-corrected chi connectivity index (χ0v) is 14.0. The van der Waals surface area contributed by atoms with Gasteiger partial charge in [0.1, 0.15) is 0 Å². The molecule has 0 aliphatic heterocycles. The molecule has 0 fully saturated rings. The molecule has 3 nitrogen and oxygen atoms in total. The third kappa shape index (κ3) is 3.80. The van der Waals surface area contributed by atoms with E-state index in [1.165, 1.54) is 5.56 Å². The summed E-state index contributed by atoms with van der Waals surface area (Å²) in [6.07, 6.45) is 3.06. The molecule has 0 saturated carbocycles. The highest BCUT2D eigenvalue weighted by Gasteiger charge is 2.14. The van der Waals surface area contributed by atoms with Crippen molar-refractivity contribution in [3.63, 3.8) is 0 Å². The average Bonchev–Trinajstić information content (AvgIpc) is 2.63. The van der Waals surface area contributed by atoms with Gasteiger partial charge in [-0.1, -0.05) is 54.6 Å². The van der Waals surface area contributed by atoms with Crippen molar-refractivity contribution < 1.29 is 4.79 Å². The first-order valence-electron chi connectivity index (χ1n) is 8.42. The summed E-state index contributed by atoms with van der Waals surface area (Å²) in [5.74, 6) is 0.159. The van der Waals surface area contributed by atoms with Crippen molar-refractivity contribution in [2.75, 3.05) is 13.1 Å². The summed E-state index contributed by atoms with van der Waals surface area (Å²) < 4.78 is 0. The van der Waals surface area contributed by atoms with Crippen molar-refractivity contribution in [1.29, 1.82) is 0 Å². The molecule has 3 rings (SSSR count). The predicted octanol–water partition coefficient (Wildman–Crippen LogP) is 3.87. The van der Waals surface area contributed by atoms with Gasteiger partial charge in [0.25, 0.3) is 0 Å². The number of benzene rings is 2. The Kier molecular flexibility index (Phi) is 5.22. The maximum absolute atomic E-state index is 12.7. The van der Waals surface area contributed by atoms with Crippen molar-refractivity contribution in [2.24, 2.45) is 0 Å². The highest BCUT2D eigenvalue weighted by molar-refractivity contribution is 5.87. The van der Waals surface area contributed by atoms with E-state index in [4.69, 9.17) is 0 Å². The molecule has 0 unspecified atom stereocenters. The second-order valence-corrected chi connectivity index (χ2v) is 5.88. The molecule has 3 heteroatoms. The molecule has 2 aromatic carbocycles. The summed E-state index contributed by atoms with van der Waals surface area (Å²) >= 11 is 0. The van der Waals surface area contributed by atoms with E-state index < -0.39 is 0 Å². The molecule has 0 bridgehead atoms. The van der Waals surface area contributed by atoms with Gasteiger partial charge in [-0.3, -0.25) is 9.78 Å². The maximum atomic E-state index is 12.7. The van der Waals surface area contributed by atoms with E-state index in [-0.39, 0.29) is 5.91 Å². The van der Waals surface area contributed by atoms with Crippen LogP contribution in [-0.2, 0) is 17.6 Å². The lowest BCUT2D eigenvalue weighted by Gasteiger charge is -2.21. The number of hydrogen-bond acceptors (Lipinski definition) is 2. The normalized spacial score (nSPS) is 10.7. The number of aromatic nitrogens is 1. The smallest absolute Gasteiger partial charge is 0.227 e. The van der Waals surface area contributed by atoms with Crippen LogP contribution in [0, 0.1) is 0 Å². The van der Waals surface area contributed by atoms with Gasteiger partial charge in [-0.2, -0.15) is 0 Å². The van der Waals surface area contributed by atoms with Crippen LogP contribution >= 0.6 is 0 Å². The van der Waals surface area contributed by atoms with Gasteiger partial charge < -0.3 is 4.90 Å². The van der Waals surface area contributed by atoms with Gasteiger partial charge in [0, 0.05) is 24.7 Å². The number of nitrogens with zero attached hydrogens (tertiary/aromatic N) is 2. The number of likely N-dealkylation sites (N-methyl/N-ethyl adjacent to an activating group) is 1. The summed E-state index contributed by atoms with van der Waals surface area (Å²) in [6, 6.07) is 20.3. The lowest BCUT2D eigenvalue weighted by molar-refractivity contribution is -0.130. The number of hydrogen-bond donors (Lipinski definition) is 0. The van der Waals surface area contributed by atoms with E-state index in [2.05, 4.69) is 17.1 Å². The number of pyridine rings is 1. The van der Waals surface area contributed by atoms with Gasteiger partial charge in [-0.05, 0) is 30.5 Å². The lowest BCUT2D eigenvalue weighted by Crippen LogP contribution is -2.34. The molecular formula is C21H22N2O. The van der Waals surface area contributed by atoms with E-state index in [1.807, 2.05) is 60.4 Å². The molecule has 0 saturated heterocycles. The van der Waals surface area contributed by atoms with E-state index >= 15 is 0 Å². The second kappa shape index (κ2) is 7.73. The van der Waals surface area contributed by atoms with Crippen molar-refractivity contribution in [1.82, 2.24) is 9.88 Å². The van der Waals surface area contributed by atoms with Crippen LogP contribution in [0.5, 0.6) is 0 Å². The molecule has 0 spiro atoms. The maximum Gasteiger partial charge on any atom is 0.227 e. The Balaban J connectivity index is 1.70. The number of rotatable bonds is 6. The molecule has 0 N–H and O–H groups in total. The van der Waals surface area contributed by atoms with Crippen molar-refractivity contribution in [2.45, 2.75) is 19.8 Å². The minimum Gasteiger partial charge on any atom is -0.342 e. The minimum absolute atomic E-state index is 0.159. The number of amides is 1. The molecule has 1 aromatic heterocycles. The zero-order valence-electron chi connectivity index (χ0n) is 14.0. The molecule has 122 valence electrons. The Bertz CT molecular complexity index is 809. The average molecular weight is 318 g/mol. The van der Waals surface area contributed by atoms with Crippen LogP contribution in [0.2, 0.25) is 0 Å². The van der Waals surface area contributed by atoms with Crippen molar-refractivity contribution in [3.8, 4) is 0 Å². The van der Waals surface area contributed by atoms with Crippen LogP contribution in [0.3, 0.4) is 0 Å². The van der Waals surface area contributed by atoms with Gasteiger partial charge in [0.05, 0.1) is 11.9 Å². The molecule has 1 heterocycles. The summed E-state index contributed by atoms with van der Waals surface area (Å²) in [6.45, 7) is 3.51. The Morgan fingerprint density at radius 3 is 2.58 bits per heavy atom. The molecule has 0 aliphatic carbocycles. The van der Waals surface area contributed by atoms with Gasteiger partial charge in [-0.25, -0.2) is 0 Å². The third-order valence-electron chi connectivity index (χ3n) is 4.31. The molecular weight excluding hydrogens is 296 g/mol. The minimum atomic E-state index is 0.159. The monoisotopic (exact) mass is 318 g/mol. The fraction of sp³-hybridized carbons (Fsp3) is 0.238. The van der Waals surface area contributed by atoms with Crippen LogP contribution in [0.1, 0.15) is 18.1 Å². The summed E-state index contributed by atoms with van der Waals surface area (Å²) in [7, 11) is 0. The van der Waals surface area contributed by atoms with Crippen LogP contribution in [-0.4, -0.2) is 28.9 Å². The standard InChI is InChI=1S/C21H22N2O/c1-2-23(15-13-17-8-4-3-5-9-17)20(24)16-19-11-6-10-18-12-7-14-22-21(18)19/h3-12,14H,2,13,15-16H2,1H3. The summed E-state index contributed by atoms with van der Waals surface area (Å²) in [5.41, 5.74) is 3.18. The lowest BCUT2D eigenvalue weighted by atomic mass is 10.1. The molecule has 24 heavy (non-hydrogen) atoms. The van der Waals surface area contributed by atoms with E-state index in [0.29, 0.717) is 6.42 Å². The SMILES string of the molecule is CCN(CCc1ccccc1)C(=O)Cc1cccc2cccnc12. The van der Waals surface area contributed by atoms with E-state index in [1.54, 1.807) is 6.20 Å². The van der Waals surface area contributed by atoms with Gasteiger partial charge >= 0.3 is 0 Å². The molecule has 0 atom stereocenters. The van der Waals surface area contributed by atoms with Crippen molar-refractivity contribution >= 4 is 16.8 Å². The fourth-order valence-corrected chi connectivity index (χ4v) is 2.95. The first-order chi connectivity index (χ1) is 11.8. The Labute approximate surface area is 143 Å². The fourth-order valence-electron chi connectivity index (χ4n) is 2.95. The Hall–Kier alpha value is -2.68. The quantitative estimate of drug-likeness (QED) is 0.691. The highest BCUT2D eigenvalue weighted by Crippen LogP contribution is 2.17. The topological polar surface area (TPSA) is 33.2 Å². The Morgan fingerprint density at radius 2 is 1.79 bits per heavy atom. The van der Waals surface area contributed by atoms with Gasteiger partial charge in [0.2, 0.25) is 5.91 Å². The molecule has 1 amide bonds. The van der Waals surface area contributed by atoms with Gasteiger partial charge in [0.15, 0.2) is 0 Å². The first-order valence-corrected chi connectivity index (χ1v) is 8.42. The highest BCUT2D eigenvalue weighted by atomic mass is 16.2. The van der Waals surface area contributed by atoms with Crippen LogP contribution in [0.4, 0.5) is 0 Å². The first kappa shape index (κ1) is 16.2. The van der Waals surface area contributed by atoms with Crippen LogP contribution < -0.4 is 0 Å². The summed E-state index contributed by atoms with van der Waals surface area (Å²) in [5, 5.41) is 1.08. The zero-order chi connectivity index (χ0) is 16.8. The number of fused-ring (bicyclic) bond motifs is 1. The third-order valence-corrected chi connectivity index (χ3v) is 4.31. The molecule has 3 aromatic rings. The van der Waals surface area contributed by atoms with Crippen molar-refractivity contribution in [3.05, 3.63) is 78.0 Å². The number of carbonyl (C=O) groups excluding carboxylic acids is 1. The summed E-state index contributed by atoms with van der Waals surface area (Å²) in [4.78, 5) is 19.1. The van der Waals surface area contributed by atoms with E-state index in [0.717, 1.165) is 36.0 Å². The predicted molar refractivity (Wildman–Crippen MR) is 97.8 cm³/mol. The van der Waals surface area contributed by atoms with E-state index in [9.17, 15) is 4.79 Å². The van der Waals surface area contributed by atoms with Crippen LogP contribution in [0.25, 0.3) is 10.9 Å². The van der Waals surface area contributed by atoms with Gasteiger partial charge in [-0.15, -0.1) is 0 Å².